The average Bonchev–Trinajstić information content (AvgIpc) is 2.36. The molecule has 2 fully saturated rings. The first-order valence-corrected chi connectivity index (χ1v) is 6.99. The molecule has 3 heteroatoms. The summed E-state index contributed by atoms with van der Waals surface area (Å²) in [5, 5.41) is 3.33. The number of nitrogens with zero attached hydrogens (tertiary/aromatic N) is 1. The highest BCUT2D eigenvalue weighted by atomic mass is 16.5. The summed E-state index contributed by atoms with van der Waals surface area (Å²) >= 11 is 0. The van der Waals surface area contributed by atoms with Crippen molar-refractivity contribution in [2.75, 3.05) is 32.8 Å². The van der Waals surface area contributed by atoms with Crippen LogP contribution in [0.3, 0.4) is 0 Å². The van der Waals surface area contributed by atoms with Gasteiger partial charge in [-0.3, -0.25) is 4.90 Å². The lowest BCUT2D eigenvalue weighted by molar-refractivity contribution is -0.0449. The molecular formula is C15H22N2O. The molecule has 0 saturated carbocycles. The molecule has 1 atom stereocenters. The van der Waals surface area contributed by atoms with Gasteiger partial charge in [-0.2, -0.15) is 0 Å². The zero-order chi connectivity index (χ0) is 12.2. The Morgan fingerprint density at radius 1 is 1.22 bits per heavy atom. The van der Waals surface area contributed by atoms with Gasteiger partial charge in [0.2, 0.25) is 0 Å². The van der Waals surface area contributed by atoms with Crippen LogP contribution < -0.4 is 5.32 Å². The fourth-order valence-corrected chi connectivity index (χ4v) is 2.80. The van der Waals surface area contributed by atoms with Gasteiger partial charge in [-0.1, -0.05) is 30.3 Å². The normalized spacial score (nSPS) is 25.9. The van der Waals surface area contributed by atoms with Gasteiger partial charge in [0.05, 0.1) is 12.7 Å². The van der Waals surface area contributed by atoms with Gasteiger partial charge in [-0.05, 0) is 31.0 Å². The minimum atomic E-state index is 0.439. The summed E-state index contributed by atoms with van der Waals surface area (Å²) in [6.45, 7) is 6.46. The zero-order valence-corrected chi connectivity index (χ0v) is 10.8. The van der Waals surface area contributed by atoms with E-state index in [4.69, 9.17) is 4.74 Å². The molecule has 0 radical (unpaired) electrons. The minimum Gasteiger partial charge on any atom is -0.376 e. The summed E-state index contributed by atoms with van der Waals surface area (Å²) in [6, 6.07) is 10.7. The summed E-state index contributed by atoms with van der Waals surface area (Å²) in [5.41, 5.74) is 1.41. The highest BCUT2D eigenvalue weighted by molar-refractivity contribution is 5.14. The van der Waals surface area contributed by atoms with E-state index in [0.29, 0.717) is 6.10 Å². The van der Waals surface area contributed by atoms with Gasteiger partial charge in [0.25, 0.3) is 0 Å². The molecule has 1 aromatic rings. The minimum absolute atomic E-state index is 0.439. The van der Waals surface area contributed by atoms with Crippen molar-refractivity contribution in [1.82, 2.24) is 10.2 Å². The first-order chi connectivity index (χ1) is 8.90. The largest absolute Gasteiger partial charge is 0.376 e. The lowest BCUT2D eigenvalue weighted by Crippen LogP contribution is -2.48. The Morgan fingerprint density at radius 3 is 2.78 bits per heavy atom. The van der Waals surface area contributed by atoms with Gasteiger partial charge in [0, 0.05) is 19.6 Å². The van der Waals surface area contributed by atoms with E-state index in [9.17, 15) is 0 Å². The summed E-state index contributed by atoms with van der Waals surface area (Å²) in [6.07, 6.45) is 1.66. The second kappa shape index (κ2) is 5.83. The Morgan fingerprint density at radius 2 is 2.06 bits per heavy atom. The number of benzene rings is 1. The van der Waals surface area contributed by atoms with Crippen molar-refractivity contribution >= 4 is 0 Å². The first kappa shape index (κ1) is 12.2. The maximum absolute atomic E-state index is 5.88. The third-order valence-corrected chi connectivity index (χ3v) is 3.93. The van der Waals surface area contributed by atoms with E-state index in [1.807, 2.05) is 0 Å². The number of nitrogens with one attached hydrogen (secondary N) is 1. The molecule has 2 heterocycles. The van der Waals surface area contributed by atoms with Crippen molar-refractivity contribution in [3.05, 3.63) is 35.9 Å². The lowest BCUT2D eigenvalue weighted by Gasteiger charge is -2.37. The highest BCUT2D eigenvalue weighted by Crippen LogP contribution is 2.18. The highest BCUT2D eigenvalue weighted by Gasteiger charge is 2.26. The van der Waals surface area contributed by atoms with Crippen molar-refractivity contribution in [3.63, 3.8) is 0 Å². The molecule has 1 unspecified atom stereocenters. The van der Waals surface area contributed by atoms with Gasteiger partial charge in [0.1, 0.15) is 0 Å². The predicted octanol–water partition coefficient (Wildman–Crippen LogP) is 1.50. The van der Waals surface area contributed by atoms with Crippen LogP contribution in [0.2, 0.25) is 0 Å². The van der Waals surface area contributed by atoms with E-state index in [1.165, 1.54) is 25.1 Å². The Kier molecular flexibility index (Phi) is 3.93. The molecule has 98 valence electrons. The lowest BCUT2D eigenvalue weighted by atomic mass is 9.95. The molecule has 18 heavy (non-hydrogen) atoms. The maximum atomic E-state index is 5.88. The van der Waals surface area contributed by atoms with Crippen LogP contribution in [0.25, 0.3) is 0 Å². The zero-order valence-electron chi connectivity index (χ0n) is 10.8. The smallest absolute Gasteiger partial charge is 0.0706 e. The second-order valence-corrected chi connectivity index (χ2v) is 5.47. The van der Waals surface area contributed by atoms with Crippen molar-refractivity contribution in [2.45, 2.75) is 19.1 Å². The Bertz CT molecular complexity index is 364. The topological polar surface area (TPSA) is 24.5 Å². The standard InChI is InChI=1S/C15H22N2O/c1-2-4-13(5-3-1)11-17-6-7-18-15(12-17)8-14-9-16-10-14/h1-5,14-16H,6-12H2. The summed E-state index contributed by atoms with van der Waals surface area (Å²) in [7, 11) is 0. The van der Waals surface area contributed by atoms with Gasteiger partial charge < -0.3 is 10.1 Å². The molecule has 3 rings (SSSR count). The molecule has 3 nitrogen and oxygen atoms in total. The number of hydrogen-bond donors (Lipinski definition) is 1. The van der Waals surface area contributed by atoms with E-state index in [0.717, 1.165) is 32.2 Å². The van der Waals surface area contributed by atoms with E-state index in [1.54, 1.807) is 0 Å². The molecule has 2 aliphatic heterocycles. The molecule has 0 aromatic heterocycles. The van der Waals surface area contributed by atoms with Crippen LogP contribution in [-0.4, -0.2) is 43.8 Å². The predicted molar refractivity (Wildman–Crippen MR) is 72.4 cm³/mol. The van der Waals surface area contributed by atoms with E-state index in [-0.39, 0.29) is 0 Å². The second-order valence-electron chi connectivity index (χ2n) is 5.47. The molecule has 0 spiro atoms. The van der Waals surface area contributed by atoms with E-state index >= 15 is 0 Å². The van der Waals surface area contributed by atoms with E-state index in [2.05, 4.69) is 40.5 Å². The molecule has 1 N–H and O–H groups in total. The Balaban J connectivity index is 1.50. The third-order valence-electron chi connectivity index (χ3n) is 3.93. The average molecular weight is 246 g/mol. The maximum Gasteiger partial charge on any atom is 0.0706 e. The molecule has 0 aliphatic carbocycles. The first-order valence-electron chi connectivity index (χ1n) is 6.99. The van der Waals surface area contributed by atoms with Crippen LogP contribution in [-0.2, 0) is 11.3 Å². The summed E-state index contributed by atoms with van der Waals surface area (Å²) in [4.78, 5) is 2.52. The Hall–Kier alpha value is -0.900. The van der Waals surface area contributed by atoms with Crippen LogP contribution in [0, 0.1) is 5.92 Å². The van der Waals surface area contributed by atoms with Crippen LogP contribution >= 0.6 is 0 Å². The SMILES string of the molecule is c1ccc(CN2CCOC(CC3CNC3)C2)cc1. The molecule has 0 amide bonds. The third kappa shape index (κ3) is 3.10. The fraction of sp³-hybridized carbons (Fsp3) is 0.600. The van der Waals surface area contributed by atoms with Crippen molar-refractivity contribution in [2.24, 2.45) is 5.92 Å². The van der Waals surface area contributed by atoms with Crippen LogP contribution in [0.5, 0.6) is 0 Å². The molecule has 0 bridgehead atoms. The van der Waals surface area contributed by atoms with Crippen LogP contribution in [0.4, 0.5) is 0 Å². The van der Waals surface area contributed by atoms with Crippen molar-refractivity contribution in [1.29, 1.82) is 0 Å². The molecule has 2 saturated heterocycles. The fourth-order valence-electron chi connectivity index (χ4n) is 2.80. The Labute approximate surface area is 109 Å². The van der Waals surface area contributed by atoms with Gasteiger partial charge in [-0.25, -0.2) is 0 Å². The molecule has 2 aliphatic rings. The van der Waals surface area contributed by atoms with Crippen LogP contribution in [0.15, 0.2) is 30.3 Å². The monoisotopic (exact) mass is 246 g/mol. The van der Waals surface area contributed by atoms with Gasteiger partial charge in [0.15, 0.2) is 0 Å². The molecule has 1 aromatic carbocycles. The summed E-state index contributed by atoms with van der Waals surface area (Å²) in [5.74, 6) is 0.840. The number of rotatable bonds is 4. The quantitative estimate of drug-likeness (QED) is 0.871. The van der Waals surface area contributed by atoms with Crippen molar-refractivity contribution < 1.29 is 4.74 Å². The van der Waals surface area contributed by atoms with Gasteiger partial charge >= 0.3 is 0 Å². The van der Waals surface area contributed by atoms with E-state index < -0.39 is 0 Å². The summed E-state index contributed by atoms with van der Waals surface area (Å²) < 4.78 is 5.88. The number of ether oxygens (including phenoxy) is 1. The number of morpholine rings is 1. The van der Waals surface area contributed by atoms with Crippen LogP contribution in [0.1, 0.15) is 12.0 Å². The molecular weight excluding hydrogens is 224 g/mol. The van der Waals surface area contributed by atoms with Crippen molar-refractivity contribution in [3.8, 4) is 0 Å². The number of hydrogen-bond acceptors (Lipinski definition) is 3. The van der Waals surface area contributed by atoms with Gasteiger partial charge in [-0.15, -0.1) is 0 Å².